The predicted octanol–water partition coefficient (Wildman–Crippen LogP) is 0.842. The van der Waals surface area contributed by atoms with Gasteiger partial charge >= 0.3 is 6.03 Å². The summed E-state index contributed by atoms with van der Waals surface area (Å²) in [5.41, 5.74) is 0.870. The summed E-state index contributed by atoms with van der Waals surface area (Å²) in [5, 5.41) is 5.50. The maximum absolute atomic E-state index is 11.7. The van der Waals surface area contributed by atoms with Gasteiger partial charge in [0.05, 0.1) is 12.7 Å². The molecule has 2 amide bonds. The highest BCUT2D eigenvalue weighted by atomic mass is 16.5. The molecule has 0 radical (unpaired) electrons. The SMILES string of the molecule is Cc1cccc(NC(=O)NC[C@@H]2CN(C)CCO2)n1. The van der Waals surface area contributed by atoms with E-state index in [-0.39, 0.29) is 12.1 Å². The molecule has 0 bridgehead atoms. The first-order valence-corrected chi connectivity index (χ1v) is 6.42. The second-order valence-corrected chi connectivity index (χ2v) is 4.75. The van der Waals surface area contributed by atoms with Crippen molar-refractivity contribution in [3.8, 4) is 0 Å². The number of amides is 2. The quantitative estimate of drug-likeness (QED) is 0.849. The van der Waals surface area contributed by atoms with E-state index in [1.807, 2.05) is 26.1 Å². The van der Waals surface area contributed by atoms with Gasteiger partial charge in [-0.25, -0.2) is 9.78 Å². The van der Waals surface area contributed by atoms with Gasteiger partial charge in [0.1, 0.15) is 5.82 Å². The second-order valence-electron chi connectivity index (χ2n) is 4.75. The molecular formula is C13H20N4O2. The highest BCUT2D eigenvalue weighted by Gasteiger charge is 2.18. The molecule has 0 spiro atoms. The van der Waals surface area contributed by atoms with E-state index in [0.29, 0.717) is 19.0 Å². The van der Waals surface area contributed by atoms with Crippen molar-refractivity contribution >= 4 is 11.8 Å². The summed E-state index contributed by atoms with van der Waals surface area (Å²) in [7, 11) is 2.05. The number of likely N-dealkylation sites (N-methyl/N-ethyl adjacent to an activating group) is 1. The molecule has 2 N–H and O–H groups in total. The number of nitrogens with zero attached hydrogens (tertiary/aromatic N) is 2. The van der Waals surface area contributed by atoms with Crippen LogP contribution >= 0.6 is 0 Å². The van der Waals surface area contributed by atoms with Gasteiger partial charge in [0.15, 0.2) is 0 Å². The second kappa shape index (κ2) is 6.49. The van der Waals surface area contributed by atoms with E-state index in [9.17, 15) is 4.79 Å². The molecule has 104 valence electrons. The van der Waals surface area contributed by atoms with Crippen LogP contribution in [0.4, 0.5) is 10.6 Å². The minimum absolute atomic E-state index is 0.0509. The number of anilines is 1. The van der Waals surface area contributed by atoms with E-state index >= 15 is 0 Å². The Bertz CT molecular complexity index is 438. The summed E-state index contributed by atoms with van der Waals surface area (Å²) in [5.74, 6) is 0.555. The predicted molar refractivity (Wildman–Crippen MR) is 73.2 cm³/mol. The van der Waals surface area contributed by atoms with Gasteiger partial charge in [0, 0.05) is 25.3 Å². The van der Waals surface area contributed by atoms with E-state index in [2.05, 4.69) is 20.5 Å². The van der Waals surface area contributed by atoms with Gasteiger partial charge in [-0.15, -0.1) is 0 Å². The summed E-state index contributed by atoms with van der Waals surface area (Å²) < 4.78 is 5.57. The van der Waals surface area contributed by atoms with Crippen LogP contribution in [0.15, 0.2) is 18.2 Å². The molecule has 0 aromatic carbocycles. The van der Waals surface area contributed by atoms with Crippen LogP contribution in [0.2, 0.25) is 0 Å². The average Bonchev–Trinajstić information content (AvgIpc) is 2.36. The molecule has 1 saturated heterocycles. The lowest BCUT2D eigenvalue weighted by atomic mass is 10.3. The lowest BCUT2D eigenvalue weighted by molar-refractivity contribution is -0.0166. The molecular weight excluding hydrogens is 244 g/mol. The van der Waals surface area contributed by atoms with Crippen molar-refractivity contribution in [2.75, 3.05) is 38.6 Å². The smallest absolute Gasteiger partial charge is 0.320 e. The number of ether oxygens (including phenoxy) is 1. The number of urea groups is 1. The molecule has 6 heteroatoms. The van der Waals surface area contributed by atoms with E-state index in [0.717, 1.165) is 18.8 Å². The van der Waals surface area contributed by atoms with Crippen molar-refractivity contribution in [3.05, 3.63) is 23.9 Å². The minimum Gasteiger partial charge on any atom is -0.374 e. The number of morpholine rings is 1. The lowest BCUT2D eigenvalue weighted by Gasteiger charge is -2.30. The van der Waals surface area contributed by atoms with Gasteiger partial charge in [-0.3, -0.25) is 5.32 Å². The number of rotatable bonds is 3. The zero-order valence-electron chi connectivity index (χ0n) is 11.3. The molecule has 1 aromatic heterocycles. The van der Waals surface area contributed by atoms with Crippen molar-refractivity contribution in [1.82, 2.24) is 15.2 Å². The van der Waals surface area contributed by atoms with Gasteiger partial charge in [-0.1, -0.05) is 6.07 Å². The molecule has 0 saturated carbocycles. The molecule has 1 aliphatic rings. The third kappa shape index (κ3) is 4.50. The topological polar surface area (TPSA) is 66.5 Å². The molecule has 0 aliphatic carbocycles. The van der Waals surface area contributed by atoms with Gasteiger partial charge < -0.3 is 15.0 Å². The number of carbonyl (C=O) groups is 1. The monoisotopic (exact) mass is 264 g/mol. The van der Waals surface area contributed by atoms with Crippen molar-refractivity contribution in [1.29, 1.82) is 0 Å². The van der Waals surface area contributed by atoms with Crippen LogP contribution < -0.4 is 10.6 Å². The van der Waals surface area contributed by atoms with Crippen molar-refractivity contribution in [2.24, 2.45) is 0 Å². The summed E-state index contributed by atoms with van der Waals surface area (Å²) in [6, 6.07) is 5.25. The first kappa shape index (κ1) is 13.8. The number of carbonyl (C=O) groups excluding carboxylic acids is 1. The lowest BCUT2D eigenvalue weighted by Crippen LogP contribution is -2.46. The Morgan fingerprint density at radius 1 is 1.58 bits per heavy atom. The average molecular weight is 264 g/mol. The zero-order valence-corrected chi connectivity index (χ0v) is 11.3. The van der Waals surface area contributed by atoms with Crippen molar-refractivity contribution in [3.63, 3.8) is 0 Å². The van der Waals surface area contributed by atoms with E-state index in [4.69, 9.17) is 4.74 Å². The third-order valence-corrected chi connectivity index (χ3v) is 2.96. The fraction of sp³-hybridized carbons (Fsp3) is 0.538. The van der Waals surface area contributed by atoms with Crippen molar-refractivity contribution in [2.45, 2.75) is 13.0 Å². The van der Waals surface area contributed by atoms with Crippen LogP contribution in [0.5, 0.6) is 0 Å². The Kier molecular flexibility index (Phi) is 4.70. The Morgan fingerprint density at radius 2 is 2.42 bits per heavy atom. The molecule has 1 atom stereocenters. The van der Waals surface area contributed by atoms with E-state index in [1.165, 1.54) is 0 Å². The first-order valence-electron chi connectivity index (χ1n) is 6.42. The number of aryl methyl sites for hydroxylation is 1. The van der Waals surface area contributed by atoms with E-state index < -0.39 is 0 Å². The summed E-state index contributed by atoms with van der Waals surface area (Å²) in [6.07, 6.45) is 0.0509. The Balaban J connectivity index is 1.75. The zero-order chi connectivity index (χ0) is 13.7. The van der Waals surface area contributed by atoms with Crippen LogP contribution in [0.3, 0.4) is 0 Å². The van der Waals surface area contributed by atoms with Crippen LogP contribution in [-0.4, -0.2) is 55.3 Å². The molecule has 2 heterocycles. The van der Waals surface area contributed by atoms with Crippen LogP contribution in [0.1, 0.15) is 5.69 Å². The molecule has 1 fully saturated rings. The normalized spacial score (nSPS) is 20.0. The maximum atomic E-state index is 11.7. The van der Waals surface area contributed by atoms with Crippen LogP contribution in [0.25, 0.3) is 0 Å². The Labute approximate surface area is 113 Å². The van der Waals surface area contributed by atoms with Crippen LogP contribution in [0, 0.1) is 6.92 Å². The Morgan fingerprint density at radius 3 is 3.16 bits per heavy atom. The fourth-order valence-electron chi connectivity index (χ4n) is 1.97. The highest BCUT2D eigenvalue weighted by molar-refractivity contribution is 5.88. The largest absolute Gasteiger partial charge is 0.374 e. The van der Waals surface area contributed by atoms with Gasteiger partial charge in [0.2, 0.25) is 0 Å². The maximum Gasteiger partial charge on any atom is 0.320 e. The first-order chi connectivity index (χ1) is 9.13. The molecule has 1 aromatic rings. The number of hydrogen-bond donors (Lipinski definition) is 2. The van der Waals surface area contributed by atoms with Crippen molar-refractivity contribution < 1.29 is 9.53 Å². The number of nitrogens with one attached hydrogen (secondary N) is 2. The molecule has 2 rings (SSSR count). The number of aromatic nitrogens is 1. The molecule has 6 nitrogen and oxygen atoms in total. The fourth-order valence-corrected chi connectivity index (χ4v) is 1.97. The van der Waals surface area contributed by atoms with Gasteiger partial charge in [0.25, 0.3) is 0 Å². The molecule has 19 heavy (non-hydrogen) atoms. The molecule has 1 aliphatic heterocycles. The Hall–Kier alpha value is -1.66. The summed E-state index contributed by atoms with van der Waals surface area (Å²) >= 11 is 0. The highest BCUT2D eigenvalue weighted by Crippen LogP contribution is 2.04. The number of hydrogen-bond acceptors (Lipinski definition) is 4. The van der Waals surface area contributed by atoms with Gasteiger partial charge in [-0.05, 0) is 26.1 Å². The van der Waals surface area contributed by atoms with E-state index in [1.54, 1.807) is 6.07 Å². The minimum atomic E-state index is -0.255. The number of pyridine rings is 1. The molecule has 0 unspecified atom stereocenters. The standard InChI is InChI=1S/C13H20N4O2/c1-10-4-3-5-12(15-10)16-13(18)14-8-11-9-17(2)6-7-19-11/h3-5,11H,6-9H2,1-2H3,(H2,14,15,16,18)/t11-/m1/s1. The summed E-state index contributed by atoms with van der Waals surface area (Å²) in [6.45, 7) is 4.87. The van der Waals surface area contributed by atoms with Gasteiger partial charge in [-0.2, -0.15) is 0 Å². The third-order valence-electron chi connectivity index (χ3n) is 2.96. The van der Waals surface area contributed by atoms with Crippen LogP contribution in [-0.2, 0) is 4.74 Å². The summed E-state index contributed by atoms with van der Waals surface area (Å²) in [4.78, 5) is 18.1.